The van der Waals surface area contributed by atoms with Gasteiger partial charge in [0.05, 0.1) is 57.0 Å². The van der Waals surface area contributed by atoms with Gasteiger partial charge in [-0.2, -0.15) is 36.5 Å². The van der Waals surface area contributed by atoms with Gasteiger partial charge in [-0.1, -0.05) is 150 Å². The molecule has 31 heteroatoms. The third-order valence-electron chi connectivity index (χ3n) is 26.7. The quantitative estimate of drug-likeness (QED) is 0.0409. The van der Waals surface area contributed by atoms with Crippen LogP contribution in [0.4, 0.5) is 26.3 Å². The largest absolute Gasteiger partial charge is 0.488 e. The lowest BCUT2D eigenvalue weighted by Gasteiger charge is -2.27. The van der Waals surface area contributed by atoms with E-state index in [4.69, 9.17) is 34.0 Å². The number of likely N-dealkylation sites (N-methyl/N-ethyl adjacent to an activating group) is 4. The van der Waals surface area contributed by atoms with Gasteiger partial charge in [-0.3, -0.25) is 0 Å². The van der Waals surface area contributed by atoms with E-state index in [1.54, 1.807) is 54.6 Å². The van der Waals surface area contributed by atoms with Gasteiger partial charge >= 0.3 is 36.2 Å². The number of ether oxygens (including phenoxy) is 4. The Balaban J connectivity index is 0.000000135. The van der Waals surface area contributed by atoms with Gasteiger partial charge in [0.1, 0.15) is 65.4 Å². The van der Waals surface area contributed by atoms with Gasteiger partial charge in [0, 0.05) is 80.2 Å². The number of aromatic carboxylic acids is 4. The highest BCUT2D eigenvalue weighted by Crippen LogP contribution is 2.43. The molecule has 24 nitrogen and oxygen atoms in total. The predicted octanol–water partition coefficient (Wildman–Crippen LogP) is 23.8. The molecule has 4 N–H and O–H groups in total. The zero-order valence-electron chi connectivity index (χ0n) is 83.4. The Hall–Kier alpha value is -15.8. The van der Waals surface area contributed by atoms with Crippen molar-refractivity contribution < 1.29 is 84.9 Å². The number of fused-ring (bicyclic) bond motifs is 4. The van der Waals surface area contributed by atoms with Gasteiger partial charge in [0.15, 0.2) is 23.0 Å². The summed E-state index contributed by atoms with van der Waals surface area (Å²) in [4.78, 5) is 74.5. The summed E-state index contributed by atoms with van der Waals surface area (Å²) in [5.74, 6) is -2.97. The van der Waals surface area contributed by atoms with Crippen LogP contribution >= 0.6 is 11.3 Å². The Morgan fingerprint density at radius 1 is 0.351 bits per heavy atom. The van der Waals surface area contributed by atoms with Crippen molar-refractivity contribution in [2.75, 3.05) is 60.9 Å². The second-order valence-electron chi connectivity index (χ2n) is 37.8. The molecule has 0 atom stereocenters. The van der Waals surface area contributed by atoms with Crippen LogP contribution in [0.15, 0.2) is 255 Å². The number of aryl methyl sites for hydroxylation is 5. The number of hydrogen-bond donors (Lipinski definition) is 4. The van der Waals surface area contributed by atoms with E-state index >= 15 is 0 Å². The average Bonchev–Trinajstić information content (AvgIpc) is 1.60. The highest BCUT2D eigenvalue weighted by atomic mass is 32.1. The van der Waals surface area contributed by atoms with Crippen molar-refractivity contribution in [3.63, 3.8) is 0 Å². The molecule has 9 aromatic carbocycles. The maximum atomic E-state index is 13.8. The minimum Gasteiger partial charge on any atom is -0.488 e. The molecule has 7 aromatic heterocycles. The van der Waals surface area contributed by atoms with E-state index in [0.717, 1.165) is 185 Å². The van der Waals surface area contributed by atoms with Gasteiger partial charge in [-0.25, -0.2) is 48.5 Å². The molecule has 4 aliphatic rings. The molecule has 0 amide bonds. The molecule has 0 fully saturated rings. The number of hydrogen-bond acceptors (Lipinski definition) is 19. The fraction of sp³-hybridized carbons (Fsp3) is 0.248. The van der Waals surface area contributed by atoms with Crippen LogP contribution in [0, 0.1) is 41.5 Å². The molecular formula is C117H110F6N12O12S. The third kappa shape index (κ3) is 24.6. The summed E-state index contributed by atoms with van der Waals surface area (Å²) < 4.78 is 109. The molecule has 0 saturated carbocycles. The van der Waals surface area contributed by atoms with Gasteiger partial charge in [-0.05, 0) is 295 Å². The normalized spacial score (nSPS) is 13.7. The predicted molar refractivity (Wildman–Crippen MR) is 556 cm³/mol. The number of alkyl halides is 6. The van der Waals surface area contributed by atoms with Crippen LogP contribution in [0.1, 0.15) is 152 Å². The first kappa shape index (κ1) is 104. The lowest BCUT2D eigenvalue weighted by atomic mass is 9.92. The first-order chi connectivity index (χ1) is 70.9. The summed E-state index contributed by atoms with van der Waals surface area (Å²) in [6.07, 6.45) is -3.42. The lowest BCUT2D eigenvalue weighted by molar-refractivity contribution is -0.144. The second-order valence-corrected chi connectivity index (χ2v) is 38.9. The van der Waals surface area contributed by atoms with Crippen molar-refractivity contribution in [1.82, 2.24) is 59.1 Å². The number of carboxylic acids is 4. The van der Waals surface area contributed by atoms with Crippen LogP contribution in [-0.2, 0) is 90.5 Å². The summed E-state index contributed by atoms with van der Waals surface area (Å²) in [7, 11) is 8.55. The zero-order chi connectivity index (χ0) is 105. The molecule has 0 saturated heterocycles. The SMILES string of the molecule is Cc1ccc(OCc2ccc3c(c2)CCN(C)C3)c(-c2cccc(-c3ccc(C(=O)O)cc3)n2)c1.Cc1ccc(OCc2ccc3c(c2)CCN(C)C3)c(-c2cccc(-c3sc(C(=O)O)cc3C)n2)c1.Cc1ccc(OCc2ccc3c(c2)CCN(C)CC3)c(-c2cccc(-n3ncc(C(=O)O)c3C(F)(F)F)n2)c1.Cc1ccc(OCc2ccc3c(c2C)CCN(C)C3)c(-c2cccc(-n3ncc(C(=O)O)c3C(F)(F)F)n2)c1. The maximum absolute atomic E-state index is 13.8. The van der Waals surface area contributed by atoms with Crippen molar-refractivity contribution in [2.24, 2.45) is 0 Å². The average molecular weight is 2020 g/mol. The Kier molecular flexibility index (Phi) is 31.5. The van der Waals surface area contributed by atoms with Crippen molar-refractivity contribution in [1.29, 1.82) is 0 Å². The Labute approximate surface area is 856 Å². The molecule has 0 unspecified atom stereocenters. The molecule has 0 bridgehead atoms. The van der Waals surface area contributed by atoms with Crippen LogP contribution in [0.25, 0.3) is 78.5 Å². The van der Waals surface area contributed by atoms with Crippen molar-refractivity contribution in [3.8, 4) is 101 Å². The fourth-order valence-electron chi connectivity index (χ4n) is 18.7. The number of benzene rings is 9. The minimum absolute atomic E-state index is 0.157. The summed E-state index contributed by atoms with van der Waals surface area (Å²) >= 11 is 1.25. The minimum atomic E-state index is -4.94. The number of pyridine rings is 4. The van der Waals surface area contributed by atoms with E-state index in [9.17, 15) is 60.8 Å². The fourth-order valence-corrected chi connectivity index (χ4v) is 19.7. The van der Waals surface area contributed by atoms with Crippen LogP contribution < -0.4 is 18.9 Å². The first-order valence-electron chi connectivity index (χ1n) is 48.4. The van der Waals surface area contributed by atoms with Crippen LogP contribution in [-0.4, -0.2) is 164 Å². The Bertz CT molecular complexity index is 7670. The number of carboxylic acid groups (broad SMARTS) is 4. The lowest BCUT2D eigenvalue weighted by Crippen LogP contribution is -2.27. The third-order valence-corrected chi connectivity index (χ3v) is 27.9. The smallest absolute Gasteiger partial charge is 0.434 e. The molecule has 758 valence electrons. The molecule has 148 heavy (non-hydrogen) atoms. The number of nitrogens with zero attached hydrogens (tertiary/aromatic N) is 12. The molecular weight excluding hydrogens is 1910 g/mol. The number of carbonyl (C=O) groups is 4. The summed E-state index contributed by atoms with van der Waals surface area (Å²) in [6, 6.07) is 76.7. The highest BCUT2D eigenvalue weighted by Gasteiger charge is 2.43. The monoisotopic (exact) mass is 2020 g/mol. The Morgan fingerprint density at radius 3 is 1.14 bits per heavy atom. The van der Waals surface area contributed by atoms with Crippen molar-refractivity contribution in [2.45, 2.75) is 132 Å². The topological polar surface area (TPSA) is 286 Å². The molecule has 0 spiro atoms. The van der Waals surface area contributed by atoms with Gasteiger partial charge < -0.3 is 59.0 Å². The number of halogens is 6. The summed E-state index contributed by atoms with van der Waals surface area (Å²) in [5.41, 5.74) is 25.1. The van der Waals surface area contributed by atoms with Crippen molar-refractivity contribution in [3.05, 3.63) is 388 Å². The molecule has 0 aliphatic carbocycles. The van der Waals surface area contributed by atoms with Gasteiger partial charge in [0.2, 0.25) is 0 Å². The molecule has 4 aliphatic heterocycles. The molecule has 0 radical (unpaired) electrons. The Morgan fingerprint density at radius 2 is 0.716 bits per heavy atom. The number of rotatable bonds is 24. The summed E-state index contributed by atoms with van der Waals surface area (Å²) in [5, 5.41) is 44.4. The van der Waals surface area contributed by atoms with Crippen LogP contribution in [0.2, 0.25) is 0 Å². The first-order valence-corrected chi connectivity index (χ1v) is 49.2. The maximum Gasteiger partial charge on any atom is 0.434 e. The summed E-state index contributed by atoms with van der Waals surface area (Å²) in [6.45, 7) is 21.7. The highest BCUT2D eigenvalue weighted by molar-refractivity contribution is 7.17. The van der Waals surface area contributed by atoms with E-state index in [1.165, 1.54) is 79.1 Å². The second kappa shape index (κ2) is 45.0. The molecule has 11 heterocycles. The zero-order valence-corrected chi connectivity index (χ0v) is 84.2. The van der Waals surface area contributed by atoms with Crippen LogP contribution in [0.5, 0.6) is 23.0 Å². The van der Waals surface area contributed by atoms with E-state index in [0.29, 0.717) is 87.1 Å². The van der Waals surface area contributed by atoms with Crippen LogP contribution in [0.3, 0.4) is 0 Å². The van der Waals surface area contributed by atoms with E-state index < -0.39 is 58.7 Å². The van der Waals surface area contributed by atoms with E-state index in [-0.39, 0.29) is 17.2 Å². The standard InChI is InChI=1S/C30H28N2O3.2C29H27F3N4O3.C29H28N2O3S/c1-20-6-13-29(35-19-21-7-8-25-18-32(2)15-14-24(25)17-21)26(16-20)28-5-3-4-27(31-28)22-9-11-23(12-10-22)30(33)34;1-17-7-10-25(39-16-20-9-8-19-15-35(3)12-11-21(19)18(20)2)22(13-17)24-5-4-6-26(34-24)36-27(29(30,31)32)23(14-33-36)28(37)38;1-18-6-9-25(39-17-19-7-8-20-10-12-35(2)13-11-21(20)15-19)22(14-18)24-4-3-5-26(34-24)36-27(29(30,31)32)23(16-33-36)28(37)38;1-18-7-10-26(34-17-20-8-9-22-16-31(3)12-11-21(22)15-20)23(13-18)24-5-4-6-25(30-24)28-19(2)14-27(35-28)29(32)33/h3-13,16-17H,14-15,18-19H2,1-2H3,(H,33,34);4-10,13-14H,11-12,15-16H2,1-3H3,(H,37,38);3-9,14-16H,10-13,17H2,1-2H3,(H,37,38);4-10,13-15H,11-12,16-17H2,1-3H3,(H,32,33). The number of aromatic nitrogens is 8. The van der Waals surface area contributed by atoms with Gasteiger partial charge in [0.25, 0.3) is 0 Å². The molecule has 16 aromatic rings. The van der Waals surface area contributed by atoms with Gasteiger partial charge in [-0.15, -0.1) is 11.3 Å². The van der Waals surface area contributed by atoms with E-state index in [1.807, 2.05) is 112 Å². The van der Waals surface area contributed by atoms with Crippen molar-refractivity contribution >= 4 is 35.2 Å². The number of thiophene rings is 1. The van der Waals surface area contributed by atoms with E-state index in [2.05, 4.69) is 174 Å². The molecule has 20 rings (SSSR count).